The number of carbonyl (C=O) groups is 1. The highest BCUT2D eigenvalue weighted by molar-refractivity contribution is 8.00. The van der Waals surface area contributed by atoms with Crippen LogP contribution in [-0.4, -0.2) is 42.9 Å². The van der Waals surface area contributed by atoms with Gasteiger partial charge >= 0.3 is 0 Å². The molecule has 0 atom stereocenters. The summed E-state index contributed by atoms with van der Waals surface area (Å²) in [5.74, 6) is 0.781. The lowest BCUT2D eigenvalue weighted by molar-refractivity contribution is -0.129. The maximum atomic E-state index is 12.8. The third-order valence-corrected chi connectivity index (χ3v) is 5.43. The van der Waals surface area contributed by atoms with Gasteiger partial charge in [0.1, 0.15) is 17.1 Å². The summed E-state index contributed by atoms with van der Waals surface area (Å²) in [6, 6.07) is 15.4. The van der Waals surface area contributed by atoms with Crippen molar-refractivity contribution in [2.45, 2.75) is 18.0 Å². The lowest BCUT2D eigenvalue weighted by Gasteiger charge is -2.20. The van der Waals surface area contributed by atoms with Gasteiger partial charge in [0.05, 0.1) is 48.3 Å². The molecule has 150 valence electrons. The first-order valence-corrected chi connectivity index (χ1v) is 10.3. The van der Waals surface area contributed by atoms with Gasteiger partial charge in [-0.1, -0.05) is 30.0 Å². The molecule has 4 rings (SSSR count). The second-order valence-corrected chi connectivity index (χ2v) is 7.36. The first-order valence-electron chi connectivity index (χ1n) is 9.30. The van der Waals surface area contributed by atoms with Crippen molar-refractivity contribution < 1.29 is 9.21 Å². The number of benzene rings is 1. The lowest BCUT2D eigenvalue weighted by Crippen LogP contribution is -2.32. The van der Waals surface area contributed by atoms with Gasteiger partial charge in [-0.05, 0) is 24.3 Å². The average Bonchev–Trinajstić information content (AvgIpc) is 3.45. The molecule has 8 nitrogen and oxygen atoms in total. The lowest BCUT2D eigenvalue weighted by atomic mass is 10.3. The van der Waals surface area contributed by atoms with Crippen LogP contribution in [0.15, 0.2) is 70.7 Å². The highest BCUT2D eigenvalue weighted by Crippen LogP contribution is 2.26. The van der Waals surface area contributed by atoms with Crippen molar-refractivity contribution in [2.24, 2.45) is 0 Å². The SMILES string of the molecule is N#CCCN(Cc1ccco1)C(=O)CSc1ncnc2c1cnn2-c1ccccc1. The third-order valence-electron chi connectivity index (χ3n) is 4.44. The Kier molecular flexibility index (Phi) is 6.06. The zero-order chi connectivity index (χ0) is 20.8. The number of para-hydroxylation sites is 1. The van der Waals surface area contributed by atoms with Crippen LogP contribution in [0.5, 0.6) is 0 Å². The number of amides is 1. The molecule has 0 radical (unpaired) electrons. The van der Waals surface area contributed by atoms with E-state index in [1.807, 2.05) is 36.4 Å². The molecule has 30 heavy (non-hydrogen) atoms. The molecular weight excluding hydrogens is 400 g/mol. The van der Waals surface area contributed by atoms with Gasteiger partial charge < -0.3 is 9.32 Å². The molecule has 0 aliphatic carbocycles. The van der Waals surface area contributed by atoms with Crippen LogP contribution >= 0.6 is 11.8 Å². The zero-order valence-corrected chi connectivity index (χ0v) is 16.8. The van der Waals surface area contributed by atoms with Crippen LogP contribution in [0.3, 0.4) is 0 Å². The Balaban J connectivity index is 1.50. The van der Waals surface area contributed by atoms with E-state index in [4.69, 9.17) is 9.68 Å². The number of aromatic nitrogens is 4. The van der Waals surface area contributed by atoms with E-state index < -0.39 is 0 Å². The van der Waals surface area contributed by atoms with Crippen LogP contribution in [0.25, 0.3) is 16.7 Å². The number of rotatable bonds is 8. The minimum atomic E-state index is -0.0890. The monoisotopic (exact) mass is 418 g/mol. The summed E-state index contributed by atoms with van der Waals surface area (Å²) in [6.07, 6.45) is 5.02. The van der Waals surface area contributed by atoms with Gasteiger partial charge in [0.25, 0.3) is 0 Å². The van der Waals surface area contributed by atoms with E-state index in [1.165, 1.54) is 18.1 Å². The van der Waals surface area contributed by atoms with E-state index in [0.717, 1.165) is 11.1 Å². The largest absolute Gasteiger partial charge is 0.467 e. The van der Waals surface area contributed by atoms with E-state index >= 15 is 0 Å². The Bertz CT molecular complexity index is 1170. The Morgan fingerprint density at radius 2 is 2.07 bits per heavy atom. The van der Waals surface area contributed by atoms with Crippen molar-refractivity contribution >= 4 is 28.7 Å². The molecular formula is C21H18N6O2S. The molecule has 0 spiro atoms. The molecule has 0 aliphatic heterocycles. The molecule has 9 heteroatoms. The highest BCUT2D eigenvalue weighted by atomic mass is 32.2. The molecule has 0 bridgehead atoms. The fourth-order valence-corrected chi connectivity index (χ4v) is 3.85. The Labute approximate surface area is 177 Å². The van der Waals surface area contributed by atoms with Gasteiger partial charge in [-0.25, -0.2) is 14.6 Å². The average molecular weight is 418 g/mol. The molecule has 0 fully saturated rings. The van der Waals surface area contributed by atoms with E-state index in [2.05, 4.69) is 21.1 Å². The highest BCUT2D eigenvalue weighted by Gasteiger charge is 2.18. The number of thioether (sulfide) groups is 1. The summed E-state index contributed by atoms with van der Waals surface area (Å²) in [4.78, 5) is 23.1. The topological polar surface area (TPSA) is 101 Å². The molecule has 4 aromatic rings. The standard InChI is InChI=1S/C21H18N6O2S/c22-9-5-10-26(13-17-8-4-11-29-17)19(28)14-30-21-18-12-25-27(20(18)23-15-24-21)16-6-2-1-3-7-16/h1-4,6-8,11-12,15H,5,10,13-14H2. The summed E-state index contributed by atoms with van der Waals surface area (Å²) in [5.41, 5.74) is 1.59. The van der Waals surface area contributed by atoms with Crippen molar-refractivity contribution in [1.29, 1.82) is 5.26 Å². The fraction of sp³-hybridized carbons (Fsp3) is 0.190. The first kappa shape index (κ1) is 19.7. The van der Waals surface area contributed by atoms with Crippen LogP contribution in [-0.2, 0) is 11.3 Å². The van der Waals surface area contributed by atoms with E-state index in [9.17, 15) is 4.79 Å². The molecule has 3 heterocycles. The van der Waals surface area contributed by atoms with Crippen molar-refractivity contribution in [3.05, 3.63) is 67.0 Å². The van der Waals surface area contributed by atoms with Gasteiger partial charge in [0, 0.05) is 6.54 Å². The molecule has 0 N–H and O–H groups in total. The summed E-state index contributed by atoms with van der Waals surface area (Å²) < 4.78 is 7.09. The quantitative estimate of drug-likeness (QED) is 0.319. The number of nitrogens with zero attached hydrogens (tertiary/aromatic N) is 6. The second-order valence-electron chi connectivity index (χ2n) is 6.40. The summed E-state index contributed by atoms with van der Waals surface area (Å²) >= 11 is 1.33. The normalized spacial score (nSPS) is 10.8. The summed E-state index contributed by atoms with van der Waals surface area (Å²) in [5, 5.41) is 14.8. The van der Waals surface area contributed by atoms with E-state index in [-0.39, 0.29) is 18.1 Å². The van der Waals surface area contributed by atoms with Gasteiger partial charge in [-0.2, -0.15) is 10.4 Å². The van der Waals surface area contributed by atoms with Crippen LogP contribution in [0.1, 0.15) is 12.2 Å². The van der Waals surface area contributed by atoms with Crippen molar-refractivity contribution in [2.75, 3.05) is 12.3 Å². The summed E-state index contributed by atoms with van der Waals surface area (Å²) in [6.45, 7) is 0.681. The molecule has 3 aromatic heterocycles. The van der Waals surface area contributed by atoms with Gasteiger partial charge in [-0.3, -0.25) is 4.79 Å². The number of hydrogen-bond acceptors (Lipinski definition) is 7. The fourth-order valence-electron chi connectivity index (χ4n) is 2.98. The Morgan fingerprint density at radius 3 is 2.83 bits per heavy atom. The van der Waals surface area contributed by atoms with E-state index in [0.29, 0.717) is 29.5 Å². The predicted molar refractivity (Wildman–Crippen MR) is 112 cm³/mol. The smallest absolute Gasteiger partial charge is 0.233 e. The molecule has 0 saturated heterocycles. The number of hydrogen-bond donors (Lipinski definition) is 0. The maximum Gasteiger partial charge on any atom is 0.233 e. The van der Waals surface area contributed by atoms with Crippen molar-refractivity contribution in [3.63, 3.8) is 0 Å². The first-order chi connectivity index (χ1) is 14.8. The molecule has 0 saturated carbocycles. The molecule has 0 aliphatic rings. The number of fused-ring (bicyclic) bond motifs is 1. The molecule has 1 amide bonds. The second kappa shape index (κ2) is 9.24. The van der Waals surface area contributed by atoms with E-state index in [1.54, 1.807) is 28.1 Å². The summed E-state index contributed by atoms with van der Waals surface area (Å²) in [7, 11) is 0. The Morgan fingerprint density at radius 1 is 1.20 bits per heavy atom. The zero-order valence-electron chi connectivity index (χ0n) is 16.0. The number of nitriles is 1. The van der Waals surface area contributed by atoms with Crippen LogP contribution in [0.4, 0.5) is 0 Å². The van der Waals surface area contributed by atoms with Gasteiger partial charge in [0.2, 0.25) is 5.91 Å². The predicted octanol–water partition coefficient (Wildman–Crippen LogP) is 3.44. The maximum absolute atomic E-state index is 12.8. The Hall–Kier alpha value is -3.64. The third kappa shape index (κ3) is 4.34. The van der Waals surface area contributed by atoms with Gasteiger partial charge in [-0.15, -0.1) is 0 Å². The van der Waals surface area contributed by atoms with Crippen LogP contribution in [0, 0.1) is 11.3 Å². The molecule has 1 aromatic carbocycles. The van der Waals surface area contributed by atoms with Crippen LogP contribution < -0.4 is 0 Å². The minimum absolute atomic E-state index is 0.0890. The van der Waals surface area contributed by atoms with Gasteiger partial charge in [0.15, 0.2) is 5.65 Å². The van der Waals surface area contributed by atoms with Crippen molar-refractivity contribution in [1.82, 2.24) is 24.6 Å². The molecule has 0 unspecified atom stereocenters. The minimum Gasteiger partial charge on any atom is -0.467 e. The number of carbonyl (C=O) groups excluding carboxylic acids is 1. The number of furan rings is 1. The van der Waals surface area contributed by atoms with Crippen LogP contribution in [0.2, 0.25) is 0 Å². The van der Waals surface area contributed by atoms with Crippen molar-refractivity contribution in [3.8, 4) is 11.8 Å².